The van der Waals surface area contributed by atoms with E-state index in [0.717, 1.165) is 34.0 Å². The summed E-state index contributed by atoms with van der Waals surface area (Å²) < 4.78 is 1.88. The lowest BCUT2D eigenvalue weighted by Crippen LogP contribution is -2.37. The Morgan fingerprint density at radius 3 is 2.48 bits per heavy atom. The maximum atomic E-state index is 11.2. The van der Waals surface area contributed by atoms with E-state index in [-0.39, 0.29) is 5.92 Å². The van der Waals surface area contributed by atoms with E-state index in [2.05, 4.69) is 4.90 Å². The van der Waals surface area contributed by atoms with Crippen LogP contribution in [0, 0.1) is 19.8 Å². The molecule has 3 heterocycles. The molecule has 3 aromatic rings. The van der Waals surface area contributed by atoms with E-state index in [0.29, 0.717) is 31.0 Å². The smallest absolute Gasteiger partial charge is 0.306 e. The van der Waals surface area contributed by atoms with Crippen molar-refractivity contribution < 1.29 is 9.90 Å². The van der Waals surface area contributed by atoms with Crippen LogP contribution in [0.3, 0.4) is 0 Å². The molecule has 1 aromatic carbocycles. The average Bonchev–Trinajstić information content (AvgIpc) is 2.97. The van der Waals surface area contributed by atoms with E-state index in [1.807, 2.05) is 48.7 Å². The number of carboxylic acid groups (broad SMARTS) is 1. The van der Waals surface area contributed by atoms with Gasteiger partial charge in [-0.3, -0.25) is 4.79 Å². The van der Waals surface area contributed by atoms with Crippen LogP contribution in [-0.2, 0) is 4.79 Å². The summed E-state index contributed by atoms with van der Waals surface area (Å²) in [6.07, 6.45) is 1.28. The number of hydrogen-bond donors (Lipinski definition) is 1. The lowest BCUT2D eigenvalue weighted by atomic mass is 9.97. The highest BCUT2D eigenvalue weighted by Gasteiger charge is 2.27. The average molecular weight is 385 g/mol. The van der Waals surface area contributed by atoms with Gasteiger partial charge in [0.25, 0.3) is 0 Å². The van der Waals surface area contributed by atoms with Crippen LogP contribution in [0.15, 0.2) is 30.3 Å². The Hall–Kier alpha value is -2.60. The fourth-order valence-electron chi connectivity index (χ4n) is 3.76. The van der Waals surface area contributed by atoms with Crippen LogP contribution in [0.25, 0.3) is 16.8 Å². The molecule has 0 bridgehead atoms. The number of nitrogens with zero attached hydrogens (tertiary/aromatic N) is 4. The lowest BCUT2D eigenvalue weighted by molar-refractivity contribution is -0.142. The fraction of sp³-hybridized carbons (Fsp3) is 0.350. The molecule has 0 spiro atoms. The van der Waals surface area contributed by atoms with Crippen molar-refractivity contribution in [3.05, 3.63) is 46.7 Å². The molecule has 140 valence electrons. The number of piperidine rings is 1. The second-order valence-corrected chi connectivity index (χ2v) is 7.49. The summed E-state index contributed by atoms with van der Waals surface area (Å²) in [4.78, 5) is 18.2. The lowest BCUT2D eigenvalue weighted by Gasteiger charge is -2.32. The molecule has 27 heavy (non-hydrogen) atoms. The second kappa shape index (κ2) is 6.85. The van der Waals surface area contributed by atoms with Gasteiger partial charge in [-0.25, -0.2) is 4.98 Å². The number of carbonyl (C=O) groups is 1. The molecule has 0 unspecified atom stereocenters. The summed E-state index contributed by atoms with van der Waals surface area (Å²) >= 11 is 6.03. The monoisotopic (exact) mass is 384 g/mol. The molecule has 1 N–H and O–H groups in total. The minimum atomic E-state index is -0.703. The summed E-state index contributed by atoms with van der Waals surface area (Å²) in [5.41, 5.74) is 4.65. The minimum Gasteiger partial charge on any atom is -0.481 e. The number of aliphatic carboxylic acids is 1. The Morgan fingerprint density at radius 1 is 1.19 bits per heavy atom. The van der Waals surface area contributed by atoms with Gasteiger partial charge in [0, 0.05) is 35.4 Å². The van der Waals surface area contributed by atoms with Crippen LogP contribution in [-0.4, -0.2) is 38.8 Å². The Labute approximate surface area is 162 Å². The van der Waals surface area contributed by atoms with Crippen LogP contribution < -0.4 is 4.90 Å². The number of rotatable bonds is 3. The molecule has 6 nitrogen and oxygen atoms in total. The second-order valence-electron chi connectivity index (χ2n) is 7.06. The van der Waals surface area contributed by atoms with Crippen molar-refractivity contribution in [1.82, 2.24) is 14.6 Å². The number of hydrogen-bond acceptors (Lipinski definition) is 4. The molecule has 1 aliphatic heterocycles. The molecule has 1 aliphatic rings. The maximum Gasteiger partial charge on any atom is 0.306 e. The van der Waals surface area contributed by atoms with Gasteiger partial charge in [-0.2, -0.15) is 9.61 Å². The van der Waals surface area contributed by atoms with Gasteiger partial charge >= 0.3 is 5.97 Å². The third-order valence-electron chi connectivity index (χ3n) is 5.17. The number of aromatic nitrogens is 3. The van der Waals surface area contributed by atoms with Crippen molar-refractivity contribution >= 4 is 29.0 Å². The quantitative estimate of drug-likeness (QED) is 0.739. The van der Waals surface area contributed by atoms with Gasteiger partial charge in [0.2, 0.25) is 0 Å². The number of halogens is 1. The molecule has 0 saturated carbocycles. The van der Waals surface area contributed by atoms with Gasteiger partial charge in [0.05, 0.1) is 11.6 Å². The van der Waals surface area contributed by atoms with E-state index in [1.54, 1.807) is 0 Å². The standard InChI is InChI=1S/C20H21ClN4O2/c1-12-11-17(24-9-7-15(8-10-24)20(26)27)25-19(22-12)18(13(2)23-25)14-3-5-16(21)6-4-14/h3-6,11,15H,7-10H2,1-2H3,(H,26,27). The summed E-state index contributed by atoms with van der Waals surface area (Å²) in [5, 5.41) is 14.7. The van der Waals surface area contributed by atoms with E-state index in [1.165, 1.54) is 0 Å². The Morgan fingerprint density at radius 2 is 1.85 bits per heavy atom. The molecule has 0 amide bonds. The van der Waals surface area contributed by atoms with Crippen LogP contribution in [0.1, 0.15) is 24.2 Å². The number of anilines is 1. The summed E-state index contributed by atoms with van der Waals surface area (Å²) in [6, 6.07) is 9.72. The van der Waals surface area contributed by atoms with Gasteiger partial charge in [0.15, 0.2) is 5.65 Å². The topological polar surface area (TPSA) is 70.7 Å². The van der Waals surface area contributed by atoms with Gasteiger partial charge < -0.3 is 10.0 Å². The number of fused-ring (bicyclic) bond motifs is 1. The molecule has 1 fully saturated rings. The first-order valence-corrected chi connectivity index (χ1v) is 9.42. The van der Waals surface area contributed by atoms with Gasteiger partial charge in [-0.05, 0) is 44.4 Å². The Balaban J connectivity index is 1.78. The van der Waals surface area contributed by atoms with Gasteiger partial charge in [0.1, 0.15) is 5.82 Å². The summed E-state index contributed by atoms with van der Waals surface area (Å²) in [6.45, 7) is 5.35. The zero-order chi connectivity index (χ0) is 19.1. The Kier molecular flexibility index (Phi) is 4.52. The zero-order valence-electron chi connectivity index (χ0n) is 15.3. The molecule has 1 saturated heterocycles. The van der Waals surface area contributed by atoms with Crippen LogP contribution in [0.2, 0.25) is 5.02 Å². The highest BCUT2D eigenvalue weighted by molar-refractivity contribution is 6.30. The predicted octanol–water partition coefficient (Wildman–Crippen LogP) is 3.97. The molecule has 0 aliphatic carbocycles. The first-order chi connectivity index (χ1) is 12.9. The van der Waals surface area contributed by atoms with Crippen molar-refractivity contribution in [3.63, 3.8) is 0 Å². The first kappa shape index (κ1) is 17.8. The molecular formula is C20H21ClN4O2. The third kappa shape index (κ3) is 3.25. The molecule has 0 radical (unpaired) electrons. The van der Waals surface area contributed by atoms with E-state index >= 15 is 0 Å². The molecule has 7 heteroatoms. The normalized spacial score (nSPS) is 15.4. The predicted molar refractivity (Wildman–Crippen MR) is 105 cm³/mol. The zero-order valence-corrected chi connectivity index (χ0v) is 16.1. The maximum absolute atomic E-state index is 11.2. The highest BCUT2D eigenvalue weighted by atomic mass is 35.5. The van der Waals surface area contributed by atoms with Crippen LogP contribution in [0.4, 0.5) is 5.82 Å². The van der Waals surface area contributed by atoms with E-state index < -0.39 is 5.97 Å². The number of benzene rings is 1. The van der Waals surface area contributed by atoms with Crippen molar-refractivity contribution in [2.75, 3.05) is 18.0 Å². The largest absolute Gasteiger partial charge is 0.481 e. The van der Waals surface area contributed by atoms with Crippen molar-refractivity contribution in [3.8, 4) is 11.1 Å². The SMILES string of the molecule is Cc1cc(N2CCC(C(=O)O)CC2)n2nc(C)c(-c3ccc(Cl)cc3)c2n1. The van der Waals surface area contributed by atoms with Crippen LogP contribution >= 0.6 is 11.6 Å². The molecule has 0 atom stereocenters. The van der Waals surface area contributed by atoms with Gasteiger partial charge in [-0.1, -0.05) is 23.7 Å². The first-order valence-electron chi connectivity index (χ1n) is 9.04. The highest BCUT2D eigenvalue weighted by Crippen LogP contribution is 2.32. The fourth-order valence-corrected chi connectivity index (χ4v) is 3.89. The van der Waals surface area contributed by atoms with E-state index in [9.17, 15) is 9.90 Å². The molecule has 2 aromatic heterocycles. The number of carboxylic acids is 1. The van der Waals surface area contributed by atoms with Crippen molar-refractivity contribution in [2.45, 2.75) is 26.7 Å². The summed E-state index contributed by atoms with van der Waals surface area (Å²) in [5.74, 6) is -0.000947. The van der Waals surface area contributed by atoms with Crippen molar-refractivity contribution in [2.24, 2.45) is 5.92 Å². The Bertz CT molecular complexity index is 1000. The third-order valence-corrected chi connectivity index (χ3v) is 5.43. The van der Waals surface area contributed by atoms with Crippen LogP contribution in [0.5, 0.6) is 0 Å². The summed E-state index contributed by atoms with van der Waals surface area (Å²) in [7, 11) is 0. The molecular weight excluding hydrogens is 364 g/mol. The van der Waals surface area contributed by atoms with Gasteiger partial charge in [-0.15, -0.1) is 0 Å². The van der Waals surface area contributed by atoms with Crippen molar-refractivity contribution in [1.29, 1.82) is 0 Å². The number of aryl methyl sites for hydroxylation is 2. The van der Waals surface area contributed by atoms with E-state index in [4.69, 9.17) is 21.7 Å². The molecule has 4 rings (SSSR count). The minimum absolute atomic E-state index is 0.260.